The zero-order chi connectivity index (χ0) is 27.2. The van der Waals surface area contributed by atoms with Gasteiger partial charge in [0.25, 0.3) is 5.91 Å². The number of Topliss-reactive ketones (excluding diaryl/α,β-unsaturated/α-hetero) is 2. The maximum absolute atomic E-state index is 14.4. The Morgan fingerprint density at radius 1 is 0.684 bits per heavy atom. The van der Waals surface area contributed by atoms with Gasteiger partial charge < -0.3 is 24.0 Å². The van der Waals surface area contributed by atoms with Crippen LogP contribution < -0.4 is 9.47 Å². The van der Waals surface area contributed by atoms with Gasteiger partial charge in [0.1, 0.15) is 29.5 Å². The highest BCUT2D eigenvalue weighted by molar-refractivity contribution is 6.29. The Hall–Kier alpha value is -4.43. The van der Waals surface area contributed by atoms with E-state index in [1.807, 2.05) is 65.6 Å². The summed E-state index contributed by atoms with van der Waals surface area (Å²) in [7, 11) is 5.74. The van der Waals surface area contributed by atoms with E-state index in [9.17, 15) is 14.4 Å². The fourth-order valence-corrected chi connectivity index (χ4v) is 4.58. The molecule has 0 aromatic heterocycles. The van der Waals surface area contributed by atoms with Crippen LogP contribution in [0.3, 0.4) is 0 Å². The molecule has 196 valence electrons. The summed E-state index contributed by atoms with van der Waals surface area (Å²) in [4.78, 5) is 44.6. The SMILES string of the molecule is COCC(=O)N(C)C1=C(N(Cc2ccccc2)Cc2ccccc2)C(=O)c2c(OC)ccc(OC)c2C1=O. The molecule has 38 heavy (non-hydrogen) atoms. The van der Waals surface area contributed by atoms with Crippen LogP contribution in [0.4, 0.5) is 0 Å². The summed E-state index contributed by atoms with van der Waals surface area (Å²) in [6.45, 7) is 0.386. The molecule has 0 heterocycles. The van der Waals surface area contributed by atoms with Crippen molar-refractivity contribution in [3.05, 3.63) is 106 Å². The first-order valence-electron chi connectivity index (χ1n) is 12.1. The minimum absolute atomic E-state index is 0.0389. The zero-order valence-electron chi connectivity index (χ0n) is 21.9. The molecule has 1 aliphatic carbocycles. The number of rotatable bonds is 10. The number of ketones is 2. The van der Waals surface area contributed by atoms with E-state index in [0.717, 1.165) is 11.1 Å². The van der Waals surface area contributed by atoms with Crippen molar-refractivity contribution >= 4 is 17.5 Å². The van der Waals surface area contributed by atoms with Gasteiger partial charge in [0.2, 0.25) is 11.6 Å². The normalized spacial score (nSPS) is 12.7. The van der Waals surface area contributed by atoms with Crippen LogP contribution in [0, 0.1) is 0 Å². The van der Waals surface area contributed by atoms with E-state index in [1.165, 1.54) is 33.3 Å². The number of allylic oxidation sites excluding steroid dienone is 2. The Balaban J connectivity index is 1.98. The second-order valence-corrected chi connectivity index (χ2v) is 8.79. The lowest BCUT2D eigenvalue weighted by Crippen LogP contribution is -2.42. The van der Waals surface area contributed by atoms with Gasteiger partial charge in [-0.05, 0) is 23.3 Å². The van der Waals surface area contributed by atoms with Gasteiger partial charge in [-0.1, -0.05) is 60.7 Å². The molecule has 0 atom stereocenters. The summed E-state index contributed by atoms with van der Waals surface area (Å²) in [5.41, 5.74) is 2.10. The highest BCUT2D eigenvalue weighted by Gasteiger charge is 2.42. The molecule has 0 unspecified atom stereocenters. The molecule has 3 aromatic rings. The third kappa shape index (κ3) is 5.17. The third-order valence-electron chi connectivity index (χ3n) is 6.40. The highest BCUT2D eigenvalue weighted by atomic mass is 16.5. The van der Waals surface area contributed by atoms with Gasteiger partial charge in [0.15, 0.2) is 0 Å². The molecule has 0 saturated carbocycles. The molecule has 0 fully saturated rings. The molecule has 3 aromatic carbocycles. The largest absolute Gasteiger partial charge is 0.496 e. The van der Waals surface area contributed by atoms with Crippen molar-refractivity contribution in [3.8, 4) is 11.5 Å². The van der Waals surface area contributed by atoms with Crippen LogP contribution in [-0.4, -0.2) is 62.3 Å². The number of fused-ring (bicyclic) bond motifs is 1. The molecule has 0 aliphatic heterocycles. The van der Waals surface area contributed by atoms with Crippen molar-refractivity contribution in [3.63, 3.8) is 0 Å². The topological polar surface area (TPSA) is 85.4 Å². The number of hydrogen-bond donors (Lipinski definition) is 0. The number of amides is 1. The third-order valence-corrected chi connectivity index (χ3v) is 6.40. The van der Waals surface area contributed by atoms with E-state index in [-0.39, 0.29) is 40.6 Å². The molecule has 1 aliphatic rings. The van der Waals surface area contributed by atoms with Gasteiger partial charge >= 0.3 is 0 Å². The molecule has 4 rings (SSSR count). The van der Waals surface area contributed by atoms with Gasteiger partial charge in [-0.25, -0.2) is 0 Å². The van der Waals surface area contributed by atoms with Crippen LogP contribution in [0.1, 0.15) is 31.8 Å². The molecule has 8 heteroatoms. The quantitative estimate of drug-likeness (QED) is 0.403. The maximum Gasteiger partial charge on any atom is 0.252 e. The fraction of sp³-hybridized carbons (Fsp3) is 0.233. The smallest absolute Gasteiger partial charge is 0.252 e. The molecule has 0 radical (unpaired) electrons. The van der Waals surface area contributed by atoms with E-state index in [0.29, 0.717) is 13.1 Å². The van der Waals surface area contributed by atoms with Crippen LogP contribution >= 0.6 is 0 Å². The monoisotopic (exact) mass is 514 g/mol. The van der Waals surface area contributed by atoms with Gasteiger partial charge in [0, 0.05) is 27.2 Å². The molecule has 0 saturated heterocycles. The van der Waals surface area contributed by atoms with Crippen molar-refractivity contribution in [1.82, 2.24) is 9.80 Å². The Morgan fingerprint density at radius 2 is 1.13 bits per heavy atom. The number of likely N-dealkylation sites (N-methyl/N-ethyl adjacent to an activating group) is 1. The summed E-state index contributed by atoms with van der Waals surface area (Å²) in [6, 6.07) is 22.5. The van der Waals surface area contributed by atoms with E-state index in [1.54, 1.807) is 12.1 Å². The molecule has 0 bridgehead atoms. The average Bonchev–Trinajstić information content (AvgIpc) is 2.94. The number of ether oxygens (including phenoxy) is 3. The Bertz CT molecular complexity index is 1330. The van der Waals surface area contributed by atoms with Gasteiger partial charge in [0.05, 0.1) is 25.3 Å². The number of benzene rings is 3. The zero-order valence-corrected chi connectivity index (χ0v) is 21.9. The Morgan fingerprint density at radius 3 is 1.55 bits per heavy atom. The van der Waals surface area contributed by atoms with Crippen LogP contribution in [0.25, 0.3) is 0 Å². The Kier molecular flexibility index (Phi) is 8.23. The van der Waals surface area contributed by atoms with Crippen molar-refractivity contribution in [2.75, 3.05) is 35.0 Å². The minimum Gasteiger partial charge on any atom is -0.496 e. The highest BCUT2D eigenvalue weighted by Crippen LogP contribution is 2.40. The van der Waals surface area contributed by atoms with Crippen LogP contribution in [-0.2, 0) is 22.6 Å². The summed E-state index contributed by atoms with van der Waals surface area (Å²) >= 11 is 0. The van der Waals surface area contributed by atoms with Crippen molar-refractivity contribution in [1.29, 1.82) is 0 Å². The lowest BCUT2D eigenvalue weighted by atomic mass is 9.87. The van der Waals surface area contributed by atoms with E-state index in [2.05, 4.69) is 0 Å². The number of hydrogen-bond acceptors (Lipinski definition) is 7. The summed E-state index contributed by atoms with van der Waals surface area (Å²) in [5, 5.41) is 0. The van der Waals surface area contributed by atoms with Gasteiger partial charge in [-0.3, -0.25) is 14.4 Å². The summed E-state index contributed by atoms with van der Waals surface area (Å²) in [6.07, 6.45) is 0. The second kappa shape index (κ2) is 11.7. The average molecular weight is 515 g/mol. The second-order valence-electron chi connectivity index (χ2n) is 8.79. The van der Waals surface area contributed by atoms with Crippen LogP contribution in [0.5, 0.6) is 11.5 Å². The van der Waals surface area contributed by atoms with Gasteiger partial charge in [-0.2, -0.15) is 0 Å². The molecule has 1 amide bonds. The van der Waals surface area contributed by atoms with Crippen molar-refractivity contribution in [2.24, 2.45) is 0 Å². The van der Waals surface area contributed by atoms with E-state index < -0.39 is 17.5 Å². The predicted molar refractivity (Wildman–Crippen MR) is 142 cm³/mol. The number of nitrogens with zero attached hydrogens (tertiary/aromatic N) is 2. The van der Waals surface area contributed by atoms with E-state index >= 15 is 0 Å². The summed E-state index contributed by atoms with van der Waals surface area (Å²) in [5.74, 6) is -0.939. The first-order valence-corrected chi connectivity index (χ1v) is 12.1. The maximum atomic E-state index is 14.4. The predicted octanol–water partition coefficient (Wildman–Crippen LogP) is 4.10. The number of carbonyl (C=O) groups excluding carboxylic acids is 3. The number of methoxy groups -OCH3 is 3. The van der Waals surface area contributed by atoms with Crippen molar-refractivity contribution in [2.45, 2.75) is 13.1 Å². The van der Waals surface area contributed by atoms with Crippen LogP contribution in [0.2, 0.25) is 0 Å². The standard InChI is InChI=1S/C30H30N2O6/c1-31(24(33)19-36-2)27-28(30(35)26-23(38-4)16-15-22(37-3)25(26)29(27)34)32(17-20-11-7-5-8-12-20)18-21-13-9-6-10-14-21/h5-16H,17-19H2,1-4H3. The van der Waals surface area contributed by atoms with Crippen molar-refractivity contribution < 1.29 is 28.6 Å². The molecule has 0 N–H and O–H groups in total. The molecular formula is C30H30N2O6. The first kappa shape index (κ1) is 26.6. The minimum atomic E-state index is -0.511. The molecule has 8 nitrogen and oxygen atoms in total. The fourth-order valence-electron chi connectivity index (χ4n) is 4.58. The van der Waals surface area contributed by atoms with E-state index in [4.69, 9.17) is 14.2 Å². The molecule has 0 spiro atoms. The summed E-state index contributed by atoms with van der Waals surface area (Å²) < 4.78 is 16.0. The number of carbonyl (C=O) groups is 3. The lowest BCUT2D eigenvalue weighted by molar-refractivity contribution is -0.131. The lowest BCUT2D eigenvalue weighted by Gasteiger charge is -2.35. The first-order chi connectivity index (χ1) is 18.4. The molecular weight excluding hydrogens is 484 g/mol. The Labute approximate surface area is 222 Å². The van der Waals surface area contributed by atoms with Crippen LogP contribution in [0.15, 0.2) is 84.2 Å². The van der Waals surface area contributed by atoms with Gasteiger partial charge in [-0.15, -0.1) is 0 Å².